The lowest BCUT2D eigenvalue weighted by Gasteiger charge is -2.15. The molecule has 2 heterocycles. The number of hydrogen-bond acceptors (Lipinski definition) is 3. The van der Waals surface area contributed by atoms with Crippen molar-refractivity contribution in [3.63, 3.8) is 0 Å². The Bertz CT molecular complexity index is 1380. The van der Waals surface area contributed by atoms with E-state index in [0.717, 1.165) is 11.6 Å². The summed E-state index contributed by atoms with van der Waals surface area (Å²) >= 11 is 0. The number of rotatable bonds is 2. The normalized spacial score (nSPS) is 11.0. The Labute approximate surface area is 165 Å². The molecule has 0 saturated heterocycles. The number of halogens is 2. The highest BCUT2D eigenvalue weighted by Gasteiger charge is 2.22. The fourth-order valence-corrected chi connectivity index (χ4v) is 3.70. The molecule has 2 aromatic carbocycles. The lowest BCUT2D eigenvalue weighted by atomic mass is 10.0. The van der Waals surface area contributed by atoms with Crippen LogP contribution in [0.4, 0.5) is 8.78 Å². The van der Waals surface area contributed by atoms with E-state index in [0.29, 0.717) is 33.7 Å². The lowest BCUT2D eigenvalue weighted by Crippen LogP contribution is -2.22. The molecule has 0 amide bonds. The van der Waals surface area contributed by atoms with Crippen molar-refractivity contribution in [1.82, 2.24) is 14.2 Å². The molecule has 0 bridgehead atoms. The van der Waals surface area contributed by atoms with E-state index < -0.39 is 11.6 Å². The van der Waals surface area contributed by atoms with Gasteiger partial charge in [-0.1, -0.05) is 12.1 Å². The first kappa shape index (κ1) is 18.6. The summed E-state index contributed by atoms with van der Waals surface area (Å²) in [5.74, 6) is -1.40. The highest BCUT2D eigenvalue weighted by molar-refractivity contribution is 5.82. The molecule has 0 spiro atoms. The third-order valence-corrected chi connectivity index (χ3v) is 5.05. The standard InChI is InChI=1S/C22H16F2N4O/c1-12-20(15-6-4-14(11-25)5-7-15)27(3)21-19(13(2)26-28(21)22(12)29)17-9-8-16(23)10-18(17)24/h4-10H,1-3H3. The zero-order valence-corrected chi connectivity index (χ0v) is 16.0. The van der Waals surface area contributed by atoms with Gasteiger partial charge >= 0.3 is 0 Å². The third kappa shape index (κ3) is 2.81. The molecule has 0 aliphatic rings. The maximum Gasteiger partial charge on any atom is 0.277 e. The van der Waals surface area contributed by atoms with Crippen molar-refractivity contribution in [3.8, 4) is 28.5 Å². The molecule has 0 saturated carbocycles. The van der Waals surface area contributed by atoms with Crippen LogP contribution in [0.5, 0.6) is 0 Å². The van der Waals surface area contributed by atoms with Gasteiger partial charge in [0.05, 0.1) is 28.6 Å². The van der Waals surface area contributed by atoms with Crippen LogP contribution in [-0.2, 0) is 7.05 Å². The molecule has 0 aliphatic carbocycles. The molecule has 5 nitrogen and oxygen atoms in total. The highest BCUT2D eigenvalue weighted by Crippen LogP contribution is 2.32. The molecule has 0 fully saturated rings. The van der Waals surface area contributed by atoms with E-state index in [1.165, 1.54) is 16.6 Å². The van der Waals surface area contributed by atoms with E-state index in [1.54, 1.807) is 49.7 Å². The molecule has 7 heteroatoms. The molecule has 0 N–H and O–H groups in total. The maximum absolute atomic E-state index is 14.5. The van der Waals surface area contributed by atoms with Gasteiger partial charge in [0.2, 0.25) is 0 Å². The minimum atomic E-state index is -0.726. The van der Waals surface area contributed by atoms with Crippen LogP contribution in [0.15, 0.2) is 47.3 Å². The number of aryl methyl sites for hydroxylation is 2. The second-order valence-electron chi connectivity index (χ2n) is 6.85. The average molecular weight is 390 g/mol. The SMILES string of the molecule is Cc1nn2c(=O)c(C)c(-c3ccc(C#N)cc3)n(C)c2c1-c1ccc(F)cc1F. The van der Waals surface area contributed by atoms with E-state index in [2.05, 4.69) is 11.2 Å². The van der Waals surface area contributed by atoms with Crippen LogP contribution in [0.25, 0.3) is 28.0 Å². The van der Waals surface area contributed by atoms with Gasteiger partial charge in [0.15, 0.2) is 0 Å². The van der Waals surface area contributed by atoms with E-state index in [4.69, 9.17) is 5.26 Å². The Morgan fingerprint density at radius 1 is 1.07 bits per heavy atom. The van der Waals surface area contributed by atoms with Crippen molar-refractivity contribution in [3.05, 3.63) is 81.3 Å². The molecule has 0 unspecified atom stereocenters. The Morgan fingerprint density at radius 3 is 2.38 bits per heavy atom. The van der Waals surface area contributed by atoms with Crippen LogP contribution in [0.1, 0.15) is 16.8 Å². The Hall–Kier alpha value is -3.79. The first-order valence-corrected chi connectivity index (χ1v) is 8.88. The summed E-state index contributed by atoms with van der Waals surface area (Å²) in [7, 11) is 1.77. The minimum absolute atomic E-state index is 0.170. The predicted molar refractivity (Wildman–Crippen MR) is 105 cm³/mol. The molecule has 0 radical (unpaired) electrons. The molecule has 4 aromatic rings. The van der Waals surface area contributed by atoms with E-state index in [1.807, 2.05) is 0 Å². The Morgan fingerprint density at radius 2 is 1.76 bits per heavy atom. The largest absolute Gasteiger partial charge is 0.328 e. The van der Waals surface area contributed by atoms with Crippen LogP contribution >= 0.6 is 0 Å². The quantitative estimate of drug-likeness (QED) is 0.517. The Balaban J connectivity index is 2.10. The van der Waals surface area contributed by atoms with Crippen molar-refractivity contribution in [2.24, 2.45) is 7.05 Å². The third-order valence-electron chi connectivity index (χ3n) is 5.05. The topological polar surface area (TPSA) is 63.1 Å². The van der Waals surface area contributed by atoms with Crippen LogP contribution in [-0.4, -0.2) is 14.2 Å². The number of hydrogen-bond donors (Lipinski definition) is 0. The zero-order valence-electron chi connectivity index (χ0n) is 16.0. The number of fused-ring (bicyclic) bond motifs is 1. The summed E-state index contributed by atoms with van der Waals surface area (Å²) in [6.45, 7) is 3.38. The highest BCUT2D eigenvalue weighted by atomic mass is 19.1. The van der Waals surface area contributed by atoms with Gasteiger partial charge in [0.1, 0.15) is 17.3 Å². The van der Waals surface area contributed by atoms with E-state index in [9.17, 15) is 13.6 Å². The number of nitriles is 1. The fraction of sp³-hybridized carbons (Fsp3) is 0.136. The van der Waals surface area contributed by atoms with Gasteiger partial charge in [-0.15, -0.1) is 0 Å². The molecule has 144 valence electrons. The lowest BCUT2D eigenvalue weighted by molar-refractivity contribution is 0.585. The smallest absolute Gasteiger partial charge is 0.277 e. The molecule has 2 aromatic heterocycles. The van der Waals surface area contributed by atoms with Crippen LogP contribution in [0.2, 0.25) is 0 Å². The van der Waals surface area contributed by atoms with Crippen LogP contribution < -0.4 is 5.56 Å². The molecular formula is C22H16F2N4O. The zero-order chi connectivity index (χ0) is 20.9. The molecule has 4 rings (SSSR count). The summed E-state index contributed by atoms with van der Waals surface area (Å²) < 4.78 is 31.0. The van der Waals surface area contributed by atoms with Crippen LogP contribution in [0.3, 0.4) is 0 Å². The molecular weight excluding hydrogens is 374 g/mol. The maximum atomic E-state index is 14.5. The summed E-state index contributed by atoms with van der Waals surface area (Å²) in [4.78, 5) is 13.0. The number of benzene rings is 2. The number of aromatic nitrogens is 3. The van der Waals surface area contributed by atoms with Crippen LogP contribution in [0, 0.1) is 36.8 Å². The minimum Gasteiger partial charge on any atom is -0.328 e. The second-order valence-corrected chi connectivity index (χ2v) is 6.85. The second kappa shape index (κ2) is 6.67. The number of nitrogens with zero attached hydrogens (tertiary/aromatic N) is 4. The summed E-state index contributed by atoms with van der Waals surface area (Å²) in [5, 5.41) is 13.3. The van der Waals surface area contributed by atoms with Gasteiger partial charge in [-0.25, -0.2) is 8.78 Å². The van der Waals surface area contributed by atoms with Gasteiger partial charge in [0, 0.05) is 24.2 Å². The summed E-state index contributed by atoms with van der Waals surface area (Å²) in [6, 6.07) is 12.3. The first-order valence-electron chi connectivity index (χ1n) is 8.88. The van der Waals surface area contributed by atoms with Gasteiger partial charge in [0.25, 0.3) is 5.56 Å². The monoisotopic (exact) mass is 390 g/mol. The van der Waals surface area contributed by atoms with Gasteiger partial charge in [-0.2, -0.15) is 14.9 Å². The van der Waals surface area contributed by atoms with E-state index >= 15 is 0 Å². The molecule has 0 atom stereocenters. The van der Waals surface area contributed by atoms with Gasteiger partial charge in [-0.3, -0.25) is 4.79 Å². The van der Waals surface area contributed by atoms with Crippen molar-refractivity contribution in [1.29, 1.82) is 5.26 Å². The molecule has 0 aliphatic heterocycles. The molecule has 29 heavy (non-hydrogen) atoms. The van der Waals surface area contributed by atoms with Crippen molar-refractivity contribution < 1.29 is 8.78 Å². The first-order chi connectivity index (χ1) is 13.8. The van der Waals surface area contributed by atoms with Crippen molar-refractivity contribution >= 4 is 5.65 Å². The fourth-order valence-electron chi connectivity index (χ4n) is 3.70. The average Bonchev–Trinajstić information content (AvgIpc) is 3.04. The Kier molecular flexibility index (Phi) is 4.27. The predicted octanol–water partition coefficient (Wildman–Crippen LogP) is 4.13. The van der Waals surface area contributed by atoms with Gasteiger partial charge in [-0.05, 0) is 43.7 Å². The van der Waals surface area contributed by atoms with E-state index in [-0.39, 0.29) is 11.1 Å². The summed E-state index contributed by atoms with van der Waals surface area (Å²) in [6.07, 6.45) is 0. The van der Waals surface area contributed by atoms with Crippen molar-refractivity contribution in [2.75, 3.05) is 0 Å². The van der Waals surface area contributed by atoms with Crippen molar-refractivity contribution in [2.45, 2.75) is 13.8 Å². The summed E-state index contributed by atoms with van der Waals surface area (Å²) in [5.41, 5.74) is 3.49. The van der Waals surface area contributed by atoms with Gasteiger partial charge < -0.3 is 4.57 Å².